The molecule has 33 heavy (non-hydrogen) atoms. The van der Waals surface area contributed by atoms with E-state index in [0.717, 1.165) is 18.7 Å². The van der Waals surface area contributed by atoms with Crippen LogP contribution in [0.5, 0.6) is 0 Å². The Morgan fingerprint density at radius 2 is 1.55 bits per heavy atom. The van der Waals surface area contributed by atoms with Crippen molar-refractivity contribution in [3.63, 3.8) is 0 Å². The van der Waals surface area contributed by atoms with Crippen LogP contribution in [-0.4, -0.2) is 12.8 Å². The average molecular weight is 441 g/mol. The number of fused-ring (bicyclic) bond motifs is 3. The van der Waals surface area contributed by atoms with Crippen molar-refractivity contribution < 1.29 is 0 Å². The highest BCUT2D eigenvalue weighted by molar-refractivity contribution is 5.77. The molecule has 0 N–H and O–H groups in total. The number of allylic oxidation sites excluding steroid dienone is 4. The van der Waals surface area contributed by atoms with E-state index in [-0.39, 0.29) is 16.2 Å². The molecule has 0 spiro atoms. The Morgan fingerprint density at radius 1 is 0.909 bits per heavy atom. The van der Waals surface area contributed by atoms with Crippen LogP contribution in [0, 0.1) is 0 Å². The summed E-state index contributed by atoms with van der Waals surface area (Å²) in [5, 5.41) is 0. The highest BCUT2D eigenvalue weighted by atomic mass is 15.2. The van der Waals surface area contributed by atoms with Crippen LogP contribution in [0.3, 0.4) is 0 Å². The zero-order valence-corrected chi connectivity index (χ0v) is 21.8. The van der Waals surface area contributed by atoms with Crippen LogP contribution < -0.4 is 4.90 Å². The molecule has 0 bridgehead atoms. The molecule has 174 valence electrons. The maximum absolute atomic E-state index is 4.85. The van der Waals surface area contributed by atoms with Gasteiger partial charge in [-0.25, -0.2) is 0 Å². The predicted molar refractivity (Wildman–Crippen MR) is 144 cm³/mol. The Bertz CT molecular complexity index is 1100. The fourth-order valence-corrected chi connectivity index (χ4v) is 5.18. The summed E-state index contributed by atoms with van der Waals surface area (Å²) in [5.74, 6) is 0. The fourth-order valence-electron chi connectivity index (χ4n) is 5.18. The van der Waals surface area contributed by atoms with E-state index in [0.29, 0.717) is 0 Å². The van der Waals surface area contributed by atoms with Crippen molar-refractivity contribution in [3.05, 3.63) is 82.6 Å². The standard InChI is InChI=1S/C31H40N2/c1-29(2,3)23-19-24(30(4,5)6)21-25(20-23)32-17-11-13-22-14-12-18-33-27-16-10-9-15-26(27)31(7,8)28(22)33/h9-11,13,15-17,19-21H,12,14,18H2,1-8H3. The summed E-state index contributed by atoms with van der Waals surface area (Å²) < 4.78 is 0. The van der Waals surface area contributed by atoms with Crippen LogP contribution in [0.2, 0.25) is 0 Å². The van der Waals surface area contributed by atoms with Gasteiger partial charge in [-0.1, -0.05) is 85.7 Å². The summed E-state index contributed by atoms with van der Waals surface area (Å²) in [5.41, 5.74) is 9.67. The zero-order valence-electron chi connectivity index (χ0n) is 21.8. The number of para-hydroxylation sites is 1. The molecule has 2 aromatic rings. The van der Waals surface area contributed by atoms with E-state index in [2.05, 4.69) is 115 Å². The van der Waals surface area contributed by atoms with Crippen LogP contribution in [-0.2, 0) is 16.2 Å². The van der Waals surface area contributed by atoms with E-state index in [1.807, 2.05) is 6.21 Å². The lowest BCUT2D eigenvalue weighted by Crippen LogP contribution is -2.31. The molecule has 0 radical (unpaired) electrons. The van der Waals surface area contributed by atoms with E-state index in [1.165, 1.54) is 40.1 Å². The van der Waals surface area contributed by atoms with Crippen LogP contribution in [0.15, 0.2) is 70.9 Å². The van der Waals surface area contributed by atoms with Crippen LogP contribution in [0.25, 0.3) is 0 Å². The second kappa shape index (κ2) is 8.31. The van der Waals surface area contributed by atoms with E-state index in [9.17, 15) is 0 Å². The smallest absolute Gasteiger partial charge is 0.0635 e. The highest BCUT2D eigenvalue weighted by Gasteiger charge is 2.42. The van der Waals surface area contributed by atoms with Crippen molar-refractivity contribution in [2.24, 2.45) is 4.99 Å². The molecule has 2 nitrogen and oxygen atoms in total. The van der Waals surface area contributed by atoms with Crippen molar-refractivity contribution in [2.45, 2.75) is 84.5 Å². The number of nitrogens with zero attached hydrogens (tertiary/aromatic N) is 2. The predicted octanol–water partition coefficient (Wildman–Crippen LogP) is 8.39. The molecule has 0 saturated carbocycles. The number of rotatable bonds is 3. The lowest BCUT2D eigenvalue weighted by atomic mass is 9.80. The molecule has 2 heteroatoms. The maximum atomic E-state index is 4.85. The molecule has 2 heterocycles. The van der Waals surface area contributed by atoms with E-state index in [4.69, 9.17) is 4.99 Å². The third kappa shape index (κ3) is 4.58. The summed E-state index contributed by atoms with van der Waals surface area (Å²) in [6.45, 7) is 19.5. The SMILES string of the molecule is CC(C)(C)c1cc(N=CC=CC2=C3N(CCC2)c2ccccc2C3(C)C)cc(C(C)(C)C)c1. The van der Waals surface area contributed by atoms with Crippen molar-refractivity contribution in [1.29, 1.82) is 0 Å². The summed E-state index contributed by atoms with van der Waals surface area (Å²) in [4.78, 5) is 7.39. The van der Waals surface area contributed by atoms with Crippen molar-refractivity contribution in [1.82, 2.24) is 0 Å². The zero-order chi connectivity index (χ0) is 24.0. The highest BCUT2D eigenvalue weighted by Crippen LogP contribution is 2.50. The van der Waals surface area contributed by atoms with Crippen molar-refractivity contribution in [2.75, 3.05) is 11.4 Å². The molecule has 0 fully saturated rings. The lowest BCUT2D eigenvalue weighted by Gasteiger charge is -2.33. The first-order chi connectivity index (χ1) is 15.4. The Hall–Kier alpha value is -2.61. The monoisotopic (exact) mass is 440 g/mol. The van der Waals surface area contributed by atoms with Gasteiger partial charge in [0.05, 0.1) is 5.69 Å². The summed E-state index contributed by atoms with van der Waals surface area (Å²) in [6, 6.07) is 15.7. The molecule has 0 unspecified atom stereocenters. The molecule has 0 aliphatic carbocycles. The number of hydrogen-bond donors (Lipinski definition) is 0. The van der Waals surface area contributed by atoms with Gasteiger partial charge in [-0.2, -0.15) is 0 Å². The third-order valence-corrected chi connectivity index (χ3v) is 7.12. The minimum Gasteiger partial charge on any atom is -0.344 e. The third-order valence-electron chi connectivity index (χ3n) is 7.12. The normalized spacial score (nSPS) is 18.4. The van der Waals surface area contributed by atoms with Gasteiger partial charge in [0.25, 0.3) is 0 Å². The van der Waals surface area contributed by atoms with Gasteiger partial charge >= 0.3 is 0 Å². The molecule has 2 aliphatic heterocycles. The first-order valence-corrected chi connectivity index (χ1v) is 12.4. The lowest BCUT2D eigenvalue weighted by molar-refractivity contribution is 0.569. The Balaban J connectivity index is 1.64. The Labute approximate surface area is 201 Å². The van der Waals surface area contributed by atoms with E-state index >= 15 is 0 Å². The molecule has 2 aliphatic rings. The largest absolute Gasteiger partial charge is 0.344 e. The van der Waals surface area contributed by atoms with Gasteiger partial charge in [-0.3, -0.25) is 4.99 Å². The van der Waals surface area contributed by atoms with Gasteiger partial charge in [-0.05, 0) is 70.2 Å². The van der Waals surface area contributed by atoms with Crippen LogP contribution in [0.1, 0.15) is 84.9 Å². The Kier molecular flexibility index (Phi) is 5.93. The van der Waals surface area contributed by atoms with Gasteiger partial charge in [-0.15, -0.1) is 0 Å². The van der Waals surface area contributed by atoms with E-state index in [1.54, 1.807) is 0 Å². The summed E-state index contributed by atoms with van der Waals surface area (Å²) >= 11 is 0. The molecular formula is C31H40N2. The molecule has 0 atom stereocenters. The molecule has 4 rings (SSSR count). The van der Waals surface area contributed by atoms with Crippen LogP contribution >= 0.6 is 0 Å². The number of benzene rings is 2. The molecule has 0 amide bonds. The average Bonchev–Trinajstić information content (AvgIpc) is 2.98. The van der Waals surface area contributed by atoms with Gasteiger partial charge in [0.15, 0.2) is 0 Å². The molecule has 2 aromatic carbocycles. The summed E-state index contributed by atoms with van der Waals surface area (Å²) in [6.07, 6.45) is 8.70. The van der Waals surface area contributed by atoms with Crippen molar-refractivity contribution in [3.8, 4) is 0 Å². The molecule has 0 saturated heterocycles. The van der Waals surface area contributed by atoms with Gasteiger partial charge < -0.3 is 4.90 Å². The maximum Gasteiger partial charge on any atom is 0.0635 e. The quantitative estimate of drug-likeness (QED) is 0.438. The van der Waals surface area contributed by atoms with E-state index < -0.39 is 0 Å². The second-order valence-electron chi connectivity index (χ2n) is 12.2. The summed E-state index contributed by atoms with van der Waals surface area (Å²) in [7, 11) is 0. The van der Waals surface area contributed by atoms with Crippen molar-refractivity contribution >= 4 is 17.6 Å². The first kappa shape index (κ1) is 23.5. The number of anilines is 1. The van der Waals surface area contributed by atoms with Gasteiger partial charge in [0, 0.05) is 29.6 Å². The fraction of sp³-hybridized carbons (Fsp3) is 0.452. The second-order valence-corrected chi connectivity index (χ2v) is 12.2. The first-order valence-electron chi connectivity index (χ1n) is 12.4. The van der Waals surface area contributed by atoms with Gasteiger partial charge in [0.1, 0.15) is 0 Å². The van der Waals surface area contributed by atoms with Crippen LogP contribution in [0.4, 0.5) is 11.4 Å². The minimum absolute atomic E-state index is 0.0382. The molecular weight excluding hydrogens is 400 g/mol. The van der Waals surface area contributed by atoms with Gasteiger partial charge in [0.2, 0.25) is 0 Å². The Morgan fingerprint density at radius 3 is 2.18 bits per heavy atom. The topological polar surface area (TPSA) is 15.6 Å². The minimum atomic E-state index is 0.0382. The number of aliphatic imine (C=N–C) groups is 1. The number of hydrogen-bond acceptors (Lipinski definition) is 2. The molecule has 0 aromatic heterocycles.